The first kappa shape index (κ1) is 23.5. The van der Waals surface area contributed by atoms with Gasteiger partial charge in [-0.15, -0.1) is 0 Å². The van der Waals surface area contributed by atoms with Gasteiger partial charge in [0.25, 0.3) is 0 Å². The van der Waals surface area contributed by atoms with Crippen LogP contribution in [0.3, 0.4) is 0 Å². The minimum absolute atomic E-state index is 0.149. The van der Waals surface area contributed by atoms with E-state index in [0.29, 0.717) is 6.42 Å². The number of carbonyl (C=O) groups excluding carboxylic acids is 3. The lowest BCUT2D eigenvalue weighted by molar-refractivity contribution is -0.234. The van der Waals surface area contributed by atoms with E-state index in [0.717, 1.165) is 5.57 Å². The minimum Gasteiger partial charge on any atom is -0.458 e. The number of esters is 3. The van der Waals surface area contributed by atoms with Gasteiger partial charge >= 0.3 is 17.9 Å². The second-order valence-corrected chi connectivity index (χ2v) is 10.9. The zero-order chi connectivity index (χ0) is 25.0. The van der Waals surface area contributed by atoms with Crippen LogP contribution in [0.2, 0.25) is 0 Å². The highest BCUT2D eigenvalue weighted by atomic mass is 16.7. The van der Waals surface area contributed by atoms with Crippen molar-refractivity contribution in [3.05, 3.63) is 23.8 Å². The van der Waals surface area contributed by atoms with Gasteiger partial charge in [0.15, 0.2) is 11.2 Å². The van der Waals surface area contributed by atoms with Crippen LogP contribution in [-0.2, 0) is 38.1 Å². The van der Waals surface area contributed by atoms with Gasteiger partial charge in [0.1, 0.15) is 18.3 Å². The average molecular weight is 477 g/mol. The van der Waals surface area contributed by atoms with Crippen LogP contribution in [0, 0.1) is 17.3 Å². The molecular formula is C25H32O9. The van der Waals surface area contributed by atoms with E-state index in [1.807, 2.05) is 13.0 Å². The molecule has 5 aliphatic rings. The maximum absolute atomic E-state index is 13.2. The van der Waals surface area contributed by atoms with Gasteiger partial charge in [0.2, 0.25) is 0 Å². The lowest BCUT2D eigenvalue weighted by Crippen LogP contribution is -2.67. The van der Waals surface area contributed by atoms with Crippen LogP contribution in [0.1, 0.15) is 48.0 Å². The SMILES string of the molecule is C=C1C(=O)O[C@@H]2[C@H]1[C@H](OC(=O)[C@@]1(C)O[C@@H]1C)[C@H](OC(=O)[C@@]1(C)O[C@@H]1C)[C@@]1(C)[C@H](O)CC=C(C)[C@H]21. The first-order valence-corrected chi connectivity index (χ1v) is 11.8. The van der Waals surface area contributed by atoms with Crippen LogP contribution in [0.25, 0.3) is 0 Å². The number of hydrogen-bond acceptors (Lipinski definition) is 9. The fraction of sp³-hybridized carbons (Fsp3) is 0.720. The van der Waals surface area contributed by atoms with Crippen LogP contribution in [-0.4, -0.2) is 70.8 Å². The Bertz CT molecular complexity index is 1020. The Hall–Kier alpha value is -2.23. The average Bonchev–Trinajstić information content (AvgIpc) is 3.56. The molecule has 2 aliphatic carbocycles. The molecule has 0 aromatic carbocycles. The van der Waals surface area contributed by atoms with Crippen molar-refractivity contribution in [3.8, 4) is 0 Å². The topological polar surface area (TPSA) is 124 Å². The van der Waals surface area contributed by atoms with E-state index in [9.17, 15) is 19.5 Å². The molecular weight excluding hydrogens is 444 g/mol. The van der Waals surface area contributed by atoms with Crippen molar-refractivity contribution in [1.82, 2.24) is 0 Å². The third-order valence-corrected chi connectivity index (χ3v) is 8.97. The summed E-state index contributed by atoms with van der Waals surface area (Å²) in [5.41, 5.74) is -2.30. The summed E-state index contributed by atoms with van der Waals surface area (Å²) in [6, 6.07) is 0. The van der Waals surface area contributed by atoms with Crippen LogP contribution in [0.5, 0.6) is 0 Å². The molecule has 186 valence electrons. The van der Waals surface area contributed by atoms with Crippen LogP contribution in [0.4, 0.5) is 0 Å². The first-order chi connectivity index (χ1) is 15.8. The van der Waals surface area contributed by atoms with Crippen molar-refractivity contribution in [2.75, 3.05) is 0 Å². The molecule has 0 unspecified atom stereocenters. The third kappa shape index (κ3) is 2.99. The van der Waals surface area contributed by atoms with Crippen molar-refractivity contribution in [3.63, 3.8) is 0 Å². The number of aliphatic hydroxyl groups excluding tert-OH is 1. The van der Waals surface area contributed by atoms with Crippen LogP contribution >= 0.6 is 0 Å². The fourth-order valence-corrected chi connectivity index (χ4v) is 6.06. The summed E-state index contributed by atoms with van der Waals surface area (Å²) in [7, 11) is 0. The second-order valence-electron chi connectivity index (χ2n) is 10.9. The summed E-state index contributed by atoms with van der Waals surface area (Å²) in [6.07, 6.45) is -2.28. The molecule has 0 spiro atoms. The molecule has 3 saturated heterocycles. The Kier molecular flexibility index (Phi) is 4.94. The van der Waals surface area contributed by atoms with Crippen LogP contribution in [0.15, 0.2) is 23.8 Å². The molecule has 3 heterocycles. The van der Waals surface area contributed by atoms with Crippen LogP contribution < -0.4 is 0 Å². The Balaban J connectivity index is 1.60. The van der Waals surface area contributed by atoms with E-state index >= 15 is 0 Å². The van der Waals surface area contributed by atoms with Gasteiger partial charge in [0, 0.05) is 16.9 Å². The highest BCUT2D eigenvalue weighted by Crippen LogP contribution is 2.58. The fourth-order valence-electron chi connectivity index (χ4n) is 6.06. The Morgan fingerprint density at radius 1 is 1.09 bits per heavy atom. The molecule has 9 nitrogen and oxygen atoms in total. The lowest BCUT2D eigenvalue weighted by atomic mass is 9.53. The van der Waals surface area contributed by atoms with E-state index in [1.54, 1.807) is 34.6 Å². The number of aliphatic hydroxyl groups is 1. The normalized spacial score (nSPS) is 51.0. The van der Waals surface area contributed by atoms with E-state index in [4.69, 9.17) is 23.7 Å². The van der Waals surface area contributed by atoms with E-state index in [-0.39, 0.29) is 17.8 Å². The van der Waals surface area contributed by atoms with Crippen molar-refractivity contribution in [2.45, 2.75) is 95.8 Å². The maximum atomic E-state index is 13.2. The molecule has 4 fully saturated rings. The number of hydrogen-bond donors (Lipinski definition) is 1. The van der Waals surface area contributed by atoms with Gasteiger partial charge < -0.3 is 28.8 Å². The summed E-state index contributed by atoms with van der Waals surface area (Å²) < 4.78 is 28.7. The Morgan fingerprint density at radius 2 is 1.62 bits per heavy atom. The smallest absolute Gasteiger partial charge is 0.341 e. The number of epoxide rings is 2. The summed E-state index contributed by atoms with van der Waals surface area (Å²) in [5, 5.41) is 11.3. The predicted octanol–water partition coefficient (Wildman–Crippen LogP) is 1.61. The summed E-state index contributed by atoms with van der Waals surface area (Å²) in [6.45, 7) is 14.4. The molecule has 5 rings (SSSR count). The van der Waals surface area contributed by atoms with Crippen molar-refractivity contribution < 1.29 is 43.2 Å². The molecule has 3 aliphatic heterocycles. The molecule has 0 radical (unpaired) electrons. The number of fused-ring (bicyclic) bond motifs is 3. The van der Waals surface area contributed by atoms with Gasteiger partial charge in [0.05, 0.1) is 24.2 Å². The molecule has 9 heteroatoms. The second kappa shape index (κ2) is 7.15. The summed E-state index contributed by atoms with van der Waals surface area (Å²) in [4.78, 5) is 39.0. The standard InChI is InChI=1S/C25H32O9/c1-10-8-9-14(26)23(5)16(10)17-15(11(2)20(27)30-17)18(31-21(28)24(6)12(3)33-24)19(23)32-22(29)25(7)13(4)34-25/h8,12-19,26H,2,9H2,1,3-7H3/t12-,13-,14-,15+,16-,17-,18+,19+,23+,24+,25+/m1/s1. The third-order valence-electron chi connectivity index (χ3n) is 8.97. The first-order valence-electron chi connectivity index (χ1n) is 11.8. The lowest BCUT2D eigenvalue weighted by Gasteiger charge is -2.56. The summed E-state index contributed by atoms with van der Waals surface area (Å²) in [5.74, 6) is -3.04. The largest absolute Gasteiger partial charge is 0.458 e. The van der Waals surface area contributed by atoms with E-state index in [2.05, 4.69) is 6.58 Å². The van der Waals surface area contributed by atoms with Crippen molar-refractivity contribution in [2.24, 2.45) is 17.3 Å². The highest BCUT2D eigenvalue weighted by molar-refractivity contribution is 5.91. The number of carbonyl (C=O) groups is 3. The highest BCUT2D eigenvalue weighted by Gasteiger charge is 2.70. The molecule has 0 aromatic heterocycles. The van der Waals surface area contributed by atoms with E-state index in [1.165, 1.54) is 0 Å². The quantitative estimate of drug-likeness (QED) is 0.212. The molecule has 1 saturated carbocycles. The molecule has 0 aromatic rings. The Labute approximate surface area is 198 Å². The molecule has 34 heavy (non-hydrogen) atoms. The monoisotopic (exact) mass is 476 g/mol. The van der Waals surface area contributed by atoms with Gasteiger partial charge in [-0.3, -0.25) is 0 Å². The van der Waals surface area contributed by atoms with Crippen molar-refractivity contribution in [1.29, 1.82) is 0 Å². The van der Waals surface area contributed by atoms with Gasteiger partial charge in [-0.05, 0) is 41.0 Å². The van der Waals surface area contributed by atoms with Crippen molar-refractivity contribution >= 4 is 17.9 Å². The zero-order valence-corrected chi connectivity index (χ0v) is 20.3. The van der Waals surface area contributed by atoms with Gasteiger partial charge in [-0.25, -0.2) is 14.4 Å². The molecule has 1 N–H and O–H groups in total. The van der Waals surface area contributed by atoms with E-state index < -0.39 is 70.8 Å². The minimum atomic E-state index is -1.13. The summed E-state index contributed by atoms with van der Waals surface area (Å²) >= 11 is 0. The molecule has 0 bridgehead atoms. The van der Waals surface area contributed by atoms with Gasteiger partial charge in [-0.1, -0.05) is 25.2 Å². The predicted molar refractivity (Wildman–Crippen MR) is 116 cm³/mol. The zero-order valence-electron chi connectivity index (χ0n) is 20.3. The molecule has 0 amide bonds. The number of rotatable bonds is 4. The molecule has 11 atom stereocenters. The van der Waals surface area contributed by atoms with Gasteiger partial charge in [-0.2, -0.15) is 0 Å². The maximum Gasteiger partial charge on any atom is 0.341 e. The number of ether oxygens (including phenoxy) is 5. The Morgan fingerprint density at radius 3 is 2.15 bits per heavy atom.